The summed E-state index contributed by atoms with van der Waals surface area (Å²) in [5.41, 5.74) is 21.7. The second-order valence-electron chi connectivity index (χ2n) is 27.2. The van der Waals surface area contributed by atoms with E-state index >= 15 is 0 Å². The lowest BCUT2D eigenvalue weighted by molar-refractivity contribution is 0.587. The van der Waals surface area contributed by atoms with Gasteiger partial charge in [-0.15, -0.1) is 11.3 Å². The van der Waals surface area contributed by atoms with Crippen molar-refractivity contribution in [3.63, 3.8) is 0 Å². The molecule has 5 heterocycles. The molecule has 0 spiro atoms. The van der Waals surface area contributed by atoms with Gasteiger partial charge in [0.1, 0.15) is 16.7 Å². The number of benzene rings is 9. The molecule has 0 aliphatic carbocycles. The van der Waals surface area contributed by atoms with Crippen LogP contribution in [0.2, 0.25) is 0 Å². The van der Waals surface area contributed by atoms with Crippen molar-refractivity contribution >= 4 is 116 Å². The van der Waals surface area contributed by atoms with Crippen molar-refractivity contribution in [1.29, 1.82) is 0 Å². The lowest BCUT2D eigenvalue weighted by Gasteiger charge is -2.33. The first-order valence-corrected chi connectivity index (χ1v) is 29.4. The van der Waals surface area contributed by atoms with Gasteiger partial charge in [-0.2, -0.15) is 0 Å². The average molecular weight is 1060 g/mol. The van der Waals surface area contributed by atoms with Gasteiger partial charge in [-0.3, -0.25) is 0 Å². The van der Waals surface area contributed by atoms with E-state index < -0.39 is 5.41 Å². The van der Waals surface area contributed by atoms with Crippen molar-refractivity contribution in [1.82, 2.24) is 4.57 Å². The van der Waals surface area contributed by atoms with Crippen LogP contribution in [0.15, 0.2) is 179 Å². The SMILES string of the molecule is CC(C)(C)c1ccc(Nc2cc3c(cc2-c2ccc4c5cc6c(cc5n5c4c2Bc2oc4ccc(C(C)(C)C)cc4c2-5)oc2ccccc26)sc2cc(C(C)(c4ccc(C(C)(C)C)cc4)c4ccc(C(C)(C)C)cc4)ccc23)cc1. The molecular formula is C74H69BN2O2S. The van der Waals surface area contributed by atoms with E-state index in [1.54, 1.807) is 0 Å². The van der Waals surface area contributed by atoms with Crippen LogP contribution >= 0.6 is 11.3 Å². The molecule has 6 heteroatoms. The van der Waals surface area contributed by atoms with Crippen LogP contribution in [0.1, 0.15) is 129 Å². The Morgan fingerprint density at radius 1 is 0.400 bits per heavy atom. The van der Waals surface area contributed by atoms with Crippen molar-refractivity contribution in [3.8, 4) is 16.8 Å². The Balaban J connectivity index is 0.999. The highest BCUT2D eigenvalue weighted by Crippen LogP contribution is 2.48. The maximum absolute atomic E-state index is 7.05. The van der Waals surface area contributed by atoms with Crippen molar-refractivity contribution in [2.75, 3.05) is 5.32 Å². The Bertz CT molecular complexity index is 4610. The zero-order valence-electron chi connectivity index (χ0n) is 48.5. The zero-order valence-corrected chi connectivity index (χ0v) is 49.4. The van der Waals surface area contributed by atoms with Crippen LogP contribution in [-0.2, 0) is 27.1 Å². The van der Waals surface area contributed by atoms with Crippen LogP contribution < -0.4 is 16.4 Å². The maximum Gasteiger partial charge on any atom is 0.244 e. The quantitative estimate of drug-likeness (QED) is 0.133. The number of rotatable bonds is 6. The number of para-hydroxylation sites is 1. The van der Waals surface area contributed by atoms with Gasteiger partial charge in [0.2, 0.25) is 7.28 Å². The number of hydrogen-bond donors (Lipinski definition) is 1. The molecule has 0 atom stereocenters. The Labute approximate surface area is 474 Å². The Morgan fingerprint density at radius 3 is 1.61 bits per heavy atom. The first kappa shape index (κ1) is 50.4. The summed E-state index contributed by atoms with van der Waals surface area (Å²) in [5, 5.41) is 12.4. The Kier molecular flexibility index (Phi) is 10.9. The van der Waals surface area contributed by atoms with Crippen molar-refractivity contribution in [3.05, 3.63) is 209 Å². The Morgan fingerprint density at radius 2 is 0.963 bits per heavy atom. The van der Waals surface area contributed by atoms with E-state index in [2.05, 4.69) is 270 Å². The number of aromatic nitrogens is 1. The summed E-state index contributed by atoms with van der Waals surface area (Å²) in [4.78, 5) is 0. The minimum atomic E-state index is -0.412. The van der Waals surface area contributed by atoms with Gasteiger partial charge in [0.25, 0.3) is 0 Å². The highest BCUT2D eigenvalue weighted by atomic mass is 32.1. The van der Waals surface area contributed by atoms with Crippen molar-refractivity contribution < 1.29 is 8.83 Å². The van der Waals surface area contributed by atoms with Crippen LogP contribution in [0.5, 0.6) is 0 Å². The zero-order chi connectivity index (χ0) is 55.6. The van der Waals surface area contributed by atoms with E-state index in [1.807, 2.05) is 11.3 Å². The molecule has 1 aliphatic rings. The molecule has 1 N–H and O–H groups in total. The van der Waals surface area contributed by atoms with Gasteiger partial charge in [0.05, 0.1) is 16.9 Å². The van der Waals surface area contributed by atoms with E-state index in [9.17, 15) is 0 Å². The third-order valence-corrected chi connectivity index (χ3v) is 19.0. The van der Waals surface area contributed by atoms with E-state index in [0.717, 1.165) is 66.7 Å². The van der Waals surface area contributed by atoms with Gasteiger partial charge in [0, 0.05) is 81.0 Å². The van der Waals surface area contributed by atoms with E-state index in [-0.39, 0.29) is 21.7 Å². The van der Waals surface area contributed by atoms with E-state index in [4.69, 9.17) is 8.83 Å². The summed E-state index contributed by atoms with van der Waals surface area (Å²) in [6.45, 7) is 29.9. The molecular weight excluding hydrogens is 992 g/mol. The monoisotopic (exact) mass is 1060 g/mol. The molecule has 1 aliphatic heterocycles. The first-order chi connectivity index (χ1) is 38.0. The van der Waals surface area contributed by atoms with Crippen LogP contribution in [0.4, 0.5) is 11.4 Å². The number of nitrogens with zero attached hydrogens (tertiary/aromatic N) is 1. The fourth-order valence-corrected chi connectivity index (χ4v) is 14.1. The van der Waals surface area contributed by atoms with Crippen LogP contribution in [-0.4, -0.2) is 11.8 Å². The summed E-state index contributed by atoms with van der Waals surface area (Å²) in [6, 6.07) is 64.6. The van der Waals surface area contributed by atoms with Crippen LogP contribution in [0, 0.1) is 0 Å². The number of fused-ring (bicyclic) bond motifs is 13. The third-order valence-electron chi connectivity index (χ3n) is 17.9. The predicted octanol–water partition coefficient (Wildman–Crippen LogP) is 19.5. The second kappa shape index (κ2) is 17.4. The normalized spacial score (nSPS) is 13.4. The topological polar surface area (TPSA) is 43.2 Å². The lowest BCUT2D eigenvalue weighted by Crippen LogP contribution is -2.36. The molecule has 9 aromatic carbocycles. The number of thiophene rings is 1. The summed E-state index contributed by atoms with van der Waals surface area (Å²) >= 11 is 1.90. The fraction of sp³-hybridized carbons (Fsp3) is 0.243. The average Bonchev–Trinajstić information content (AvgIpc) is 4.22. The summed E-state index contributed by atoms with van der Waals surface area (Å²) in [6.07, 6.45) is 0. The van der Waals surface area contributed by atoms with Gasteiger partial charge in [-0.05, 0) is 133 Å². The molecule has 0 saturated carbocycles. The molecule has 14 rings (SSSR count). The molecule has 0 bridgehead atoms. The van der Waals surface area contributed by atoms with Crippen LogP contribution in [0.25, 0.3) is 91.7 Å². The maximum atomic E-state index is 7.05. The molecule has 396 valence electrons. The van der Waals surface area contributed by atoms with E-state index in [1.165, 1.54) is 86.4 Å². The number of anilines is 2. The highest BCUT2D eigenvalue weighted by Gasteiger charge is 2.35. The smallest absolute Gasteiger partial charge is 0.244 e. The summed E-state index contributed by atoms with van der Waals surface area (Å²) in [7, 11) is 0.649. The minimum absolute atomic E-state index is 0.0354. The summed E-state index contributed by atoms with van der Waals surface area (Å²) in [5.74, 6) is 0. The highest BCUT2D eigenvalue weighted by molar-refractivity contribution is 7.25. The number of hydrogen-bond acceptors (Lipinski definition) is 4. The van der Waals surface area contributed by atoms with Gasteiger partial charge in [-0.1, -0.05) is 192 Å². The lowest BCUT2D eigenvalue weighted by atomic mass is 9.62. The van der Waals surface area contributed by atoms with Gasteiger partial charge in [-0.25, -0.2) is 0 Å². The molecule has 0 unspecified atom stereocenters. The molecule has 80 heavy (non-hydrogen) atoms. The molecule has 0 amide bonds. The molecule has 4 nitrogen and oxygen atoms in total. The van der Waals surface area contributed by atoms with Crippen molar-refractivity contribution in [2.45, 2.75) is 117 Å². The molecule has 4 aromatic heterocycles. The Hall–Kier alpha value is -7.80. The number of furan rings is 2. The minimum Gasteiger partial charge on any atom is -0.469 e. The predicted molar refractivity (Wildman–Crippen MR) is 346 cm³/mol. The largest absolute Gasteiger partial charge is 0.469 e. The molecule has 13 aromatic rings. The van der Waals surface area contributed by atoms with Crippen molar-refractivity contribution in [2.24, 2.45) is 0 Å². The van der Waals surface area contributed by atoms with Gasteiger partial charge in [0.15, 0.2) is 0 Å². The molecule has 0 saturated heterocycles. The first-order valence-electron chi connectivity index (χ1n) is 28.6. The van der Waals surface area contributed by atoms with E-state index in [0.29, 0.717) is 7.28 Å². The third kappa shape index (κ3) is 7.91. The van der Waals surface area contributed by atoms with Gasteiger partial charge < -0.3 is 18.7 Å². The fourth-order valence-electron chi connectivity index (χ4n) is 13.0. The van der Waals surface area contributed by atoms with Gasteiger partial charge >= 0.3 is 0 Å². The standard InChI is InChI=1S/C74H69BN2O2S/c1-70(2,3)42-18-22-45(23-19-42)74(13,46-24-20-43(21-25-46)71(4,5)6)48-28-32-51-57-39-59(76-49-30-26-44(27-31-49)72(7,8)9)54(40-65(57)80-64(51)37-48)52-33-34-53-55-38-56-50-16-14-15-17-61(50)78-63(56)41-60(55)77-67(53)66(52)75-69-68(77)58-36-47(73(10,11)12)29-35-62(58)79-69/h14-41,75-76H,1-13H3. The van der Waals surface area contributed by atoms with Crippen LogP contribution in [0.3, 0.4) is 0 Å². The molecule has 0 radical (unpaired) electrons. The number of nitrogens with one attached hydrogen (secondary N) is 1. The molecule has 0 fully saturated rings. The second-order valence-corrected chi connectivity index (χ2v) is 28.3. The summed E-state index contributed by atoms with van der Waals surface area (Å²) < 4.78 is 18.7.